The van der Waals surface area contributed by atoms with Gasteiger partial charge in [-0.1, -0.05) is 12.1 Å². The highest BCUT2D eigenvalue weighted by atomic mass is 16.6. The fourth-order valence-electron chi connectivity index (χ4n) is 4.58. The number of ether oxygens (including phenoxy) is 2. The number of aryl methyl sites for hydroxylation is 1. The number of nitrogens with zero attached hydrogens (tertiary/aromatic N) is 5. The second-order valence-corrected chi connectivity index (χ2v) is 8.32. The van der Waals surface area contributed by atoms with Crippen molar-refractivity contribution in [1.29, 1.82) is 0 Å². The Kier molecular flexibility index (Phi) is 5.02. The van der Waals surface area contributed by atoms with Crippen molar-refractivity contribution in [2.75, 3.05) is 55.7 Å². The van der Waals surface area contributed by atoms with Crippen molar-refractivity contribution in [2.45, 2.75) is 25.9 Å². The largest absolute Gasteiger partial charge is 0.486 e. The zero-order valence-electron chi connectivity index (χ0n) is 17.7. The summed E-state index contributed by atoms with van der Waals surface area (Å²) in [5.74, 6) is 2.81. The summed E-state index contributed by atoms with van der Waals surface area (Å²) in [5.41, 5.74) is 2.04. The minimum Gasteiger partial charge on any atom is -0.486 e. The molecule has 1 amide bonds. The molecule has 0 bridgehead atoms. The van der Waals surface area contributed by atoms with Gasteiger partial charge in [-0.05, 0) is 25.5 Å². The van der Waals surface area contributed by atoms with Crippen molar-refractivity contribution in [3.05, 3.63) is 30.0 Å². The Balaban J connectivity index is 1.23. The maximum atomic E-state index is 12.4. The number of para-hydroxylation sites is 2. The van der Waals surface area contributed by atoms with Crippen molar-refractivity contribution in [3.63, 3.8) is 0 Å². The van der Waals surface area contributed by atoms with Crippen molar-refractivity contribution in [1.82, 2.24) is 14.7 Å². The highest BCUT2D eigenvalue weighted by Gasteiger charge is 2.32. The number of hydrogen-bond donors (Lipinski definition) is 0. The molecule has 2 aromatic rings. The number of anilines is 2. The predicted octanol–water partition coefficient (Wildman–Crippen LogP) is 1.82. The number of aromatic nitrogens is 2. The average Bonchev–Trinajstić information content (AvgIpc) is 3.31. The molecule has 0 N–H and O–H groups in total. The lowest BCUT2D eigenvalue weighted by molar-refractivity contribution is -0.117. The molecule has 4 heterocycles. The number of fused-ring (bicyclic) bond motifs is 1. The molecule has 160 valence electrons. The van der Waals surface area contributed by atoms with Gasteiger partial charge in [0.25, 0.3) is 0 Å². The fraction of sp³-hybridized carbons (Fsp3) is 0.545. The molecule has 30 heavy (non-hydrogen) atoms. The summed E-state index contributed by atoms with van der Waals surface area (Å²) in [5, 5.41) is 4.76. The first-order chi connectivity index (χ1) is 14.6. The van der Waals surface area contributed by atoms with Gasteiger partial charge in [-0.3, -0.25) is 14.4 Å². The molecule has 0 spiro atoms. The van der Waals surface area contributed by atoms with Crippen LogP contribution in [0.1, 0.15) is 18.5 Å². The van der Waals surface area contributed by atoms with E-state index in [0.29, 0.717) is 13.0 Å². The van der Waals surface area contributed by atoms with Gasteiger partial charge >= 0.3 is 0 Å². The van der Waals surface area contributed by atoms with E-state index in [1.165, 1.54) is 0 Å². The number of piperazine rings is 1. The number of amides is 1. The molecule has 1 aromatic heterocycles. The van der Waals surface area contributed by atoms with Gasteiger partial charge in [-0.15, -0.1) is 0 Å². The van der Waals surface area contributed by atoms with E-state index in [9.17, 15) is 4.79 Å². The topological polar surface area (TPSA) is 63.1 Å². The van der Waals surface area contributed by atoms with E-state index in [1.54, 1.807) is 0 Å². The normalized spacial score (nSPS) is 22.1. The Bertz CT molecular complexity index is 935. The minimum absolute atomic E-state index is 0.0429. The molecule has 8 nitrogen and oxygen atoms in total. The molecule has 3 aliphatic heterocycles. The molecule has 5 rings (SSSR count). The van der Waals surface area contributed by atoms with Gasteiger partial charge in [0, 0.05) is 52.7 Å². The zero-order chi connectivity index (χ0) is 20.7. The first kappa shape index (κ1) is 19.2. The number of hydrogen-bond acceptors (Lipinski definition) is 6. The summed E-state index contributed by atoms with van der Waals surface area (Å²) in [6.07, 6.45) is 1.60. The smallest absolute Gasteiger partial charge is 0.227 e. The first-order valence-electron chi connectivity index (χ1n) is 10.8. The van der Waals surface area contributed by atoms with Crippen LogP contribution in [0.25, 0.3) is 0 Å². The maximum Gasteiger partial charge on any atom is 0.227 e. The molecule has 2 saturated heterocycles. The fourth-order valence-corrected chi connectivity index (χ4v) is 4.58. The van der Waals surface area contributed by atoms with E-state index in [2.05, 4.69) is 9.80 Å². The van der Waals surface area contributed by atoms with Gasteiger partial charge < -0.3 is 19.3 Å². The molecular formula is C22H29N5O3. The van der Waals surface area contributed by atoms with Gasteiger partial charge in [0.05, 0.1) is 5.69 Å². The van der Waals surface area contributed by atoms with Crippen LogP contribution in [0.4, 0.5) is 11.5 Å². The Morgan fingerprint density at radius 2 is 1.87 bits per heavy atom. The van der Waals surface area contributed by atoms with Crippen molar-refractivity contribution >= 4 is 17.4 Å². The molecular weight excluding hydrogens is 382 g/mol. The number of carbonyl (C=O) groups excluding carboxylic acids is 1. The Morgan fingerprint density at radius 1 is 1.10 bits per heavy atom. The van der Waals surface area contributed by atoms with Crippen LogP contribution in [0, 0.1) is 6.92 Å². The summed E-state index contributed by atoms with van der Waals surface area (Å²) >= 11 is 0. The lowest BCUT2D eigenvalue weighted by Gasteiger charge is -2.38. The van der Waals surface area contributed by atoms with Crippen LogP contribution in [0.2, 0.25) is 0 Å². The summed E-state index contributed by atoms with van der Waals surface area (Å²) in [7, 11) is 1.96. The van der Waals surface area contributed by atoms with Crippen LogP contribution < -0.4 is 19.3 Å². The van der Waals surface area contributed by atoms with Crippen molar-refractivity contribution < 1.29 is 14.3 Å². The summed E-state index contributed by atoms with van der Waals surface area (Å²) in [6.45, 7) is 7.91. The van der Waals surface area contributed by atoms with E-state index in [4.69, 9.17) is 14.6 Å². The number of carbonyl (C=O) groups is 1. The minimum atomic E-state index is 0.0429. The first-order valence-corrected chi connectivity index (χ1v) is 10.8. The third-order valence-electron chi connectivity index (χ3n) is 6.33. The van der Waals surface area contributed by atoms with Crippen LogP contribution in [-0.4, -0.2) is 72.6 Å². The monoisotopic (exact) mass is 411 g/mol. The molecule has 2 fully saturated rings. The van der Waals surface area contributed by atoms with Gasteiger partial charge in [-0.2, -0.15) is 5.10 Å². The Labute approximate surface area is 176 Å². The quantitative estimate of drug-likeness (QED) is 0.765. The van der Waals surface area contributed by atoms with Crippen LogP contribution in [0.5, 0.6) is 11.5 Å². The molecule has 3 aliphatic rings. The van der Waals surface area contributed by atoms with E-state index in [1.807, 2.05) is 47.8 Å². The lowest BCUT2D eigenvalue weighted by Crippen LogP contribution is -2.51. The molecule has 1 aromatic carbocycles. The molecule has 8 heteroatoms. The predicted molar refractivity (Wildman–Crippen MR) is 115 cm³/mol. The van der Waals surface area contributed by atoms with Gasteiger partial charge in [-0.25, -0.2) is 0 Å². The van der Waals surface area contributed by atoms with E-state index >= 15 is 0 Å². The molecule has 1 unspecified atom stereocenters. The third kappa shape index (κ3) is 3.49. The third-order valence-corrected chi connectivity index (χ3v) is 6.33. The number of rotatable bonds is 4. The molecule has 1 atom stereocenters. The standard InChI is InChI=1S/C22H29N5O3/c1-16-21(27-9-5-8-20(27)28)22(23-24(16)2)26-12-10-25(11-13-26)14-17-15-29-18-6-3-4-7-19(18)30-17/h3-4,6-7,17H,5,8-15H2,1-2H3. The SMILES string of the molecule is Cc1c(N2CCCC2=O)c(N2CCN(CC3COc4ccccc4O3)CC2)nn1C. The summed E-state index contributed by atoms with van der Waals surface area (Å²) < 4.78 is 13.9. The van der Waals surface area contributed by atoms with Crippen molar-refractivity contribution in [3.8, 4) is 11.5 Å². The summed E-state index contributed by atoms with van der Waals surface area (Å²) in [4.78, 5) is 19.0. The van der Waals surface area contributed by atoms with Crippen molar-refractivity contribution in [2.24, 2.45) is 7.05 Å². The number of benzene rings is 1. The molecule has 0 radical (unpaired) electrons. The average molecular weight is 412 g/mol. The van der Waals surface area contributed by atoms with E-state index in [-0.39, 0.29) is 12.0 Å². The zero-order valence-corrected chi connectivity index (χ0v) is 17.7. The van der Waals surface area contributed by atoms with Crippen LogP contribution in [0.3, 0.4) is 0 Å². The lowest BCUT2D eigenvalue weighted by atomic mass is 10.2. The molecule has 0 aliphatic carbocycles. The Hall–Kier alpha value is -2.74. The van der Waals surface area contributed by atoms with Crippen LogP contribution in [0.15, 0.2) is 24.3 Å². The van der Waals surface area contributed by atoms with Gasteiger partial charge in [0.1, 0.15) is 18.4 Å². The second kappa shape index (κ2) is 7.83. The highest BCUT2D eigenvalue weighted by molar-refractivity contribution is 5.98. The van der Waals surface area contributed by atoms with E-state index in [0.717, 1.165) is 74.4 Å². The van der Waals surface area contributed by atoms with Gasteiger partial charge in [0.15, 0.2) is 17.3 Å². The second-order valence-electron chi connectivity index (χ2n) is 8.32. The maximum absolute atomic E-state index is 12.4. The molecule has 0 saturated carbocycles. The van der Waals surface area contributed by atoms with Gasteiger partial charge in [0.2, 0.25) is 5.91 Å². The van der Waals surface area contributed by atoms with Crippen LogP contribution >= 0.6 is 0 Å². The van der Waals surface area contributed by atoms with Crippen LogP contribution in [-0.2, 0) is 11.8 Å². The Morgan fingerprint density at radius 3 is 2.60 bits per heavy atom. The highest BCUT2D eigenvalue weighted by Crippen LogP contribution is 2.35. The summed E-state index contributed by atoms with van der Waals surface area (Å²) in [6, 6.07) is 7.85. The van der Waals surface area contributed by atoms with E-state index < -0.39 is 0 Å².